The molecule has 1 amide bonds. The molecule has 0 spiro atoms. The minimum Gasteiger partial charge on any atom is -0.368 e. The number of hydrogen-bond acceptors (Lipinski definition) is 5. The number of rotatable bonds is 4. The number of piperazine rings is 1. The maximum atomic E-state index is 12.3. The van der Waals surface area contributed by atoms with E-state index in [0.717, 1.165) is 32.0 Å². The normalized spacial score (nSPS) is 14.0. The average molecular weight is 394 g/mol. The highest BCUT2D eigenvalue weighted by Gasteiger charge is 2.19. The van der Waals surface area contributed by atoms with Crippen LogP contribution in [0.5, 0.6) is 0 Å². The first-order valence-corrected chi connectivity index (χ1v) is 9.52. The second-order valence-corrected chi connectivity index (χ2v) is 6.99. The number of aromatic nitrogens is 2. The van der Waals surface area contributed by atoms with Crippen molar-refractivity contribution in [2.45, 2.75) is 0 Å². The fourth-order valence-electron chi connectivity index (χ4n) is 3.21. The second kappa shape index (κ2) is 8.27. The first-order valence-electron chi connectivity index (χ1n) is 9.15. The SMILES string of the molecule is O=C(Nc1cccc(Cl)c1)c1ccc(N2CCN(c3ccccc3)CC2)nn1. The van der Waals surface area contributed by atoms with Gasteiger partial charge >= 0.3 is 0 Å². The molecule has 1 saturated heterocycles. The van der Waals surface area contributed by atoms with Gasteiger partial charge in [0, 0.05) is 42.6 Å². The Hall–Kier alpha value is -3.12. The van der Waals surface area contributed by atoms with Crippen LogP contribution in [0.25, 0.3) is 0 Å². The summed E-state index contributed by atoms with van der Waals surface area (Å²) in [6.45, 7) is 3.56. The van der Waals surface area contributed by atoms with E-state index in [4.69, 9.17) is 11.6 Å². The third kappa shape index (κ3) is 4.23. The fraction of sp³-hybridized carbons (Fsp3) is 0.190. The molecular weight excluding hydrogens is 374 g/mol. The van der Waals surface area contributed by atoms with E-state index in [1.165, 1.54) is 5.69 Å². The van der Waals surface area contributed by atoms with E-state index in [9.17, 15) is 4.79 Å². The van der Waals surface area contributed by atoms with Gasteiger partial charge < -0.3 is 15.1 Å². The highest BCUT2D eigenvalue weighted by Crippen LogP contribution is 2.19. The van der Waals surface area contributed by atoms with Gasteiger partial charge in [-0.05, 0) is 42.5 Å². The first kappa shape index (κ1) is 18.3. The summed E-state index contributed by atoms with van der Waals surface area (Å²) in [5.41, 5.74) is 2.13. The maximum Gasteiger partial charge on any atom is 0.276 e. The molecule has 1 aromatic heterocycles. The topological polar surface area (TPSA) is 61.4 Å². The Labute approximate surface area is 168 Å². The summed E-state index contributed by atoms with van der Waals surface area (Å²) in [5, 5.41) is 11.7. The van der Waals surface area contributed by atoms with E-state index in [1.807, 2.05) is 12.1 Å². The third-order valence-corrected chi connectivity index (χ3v) is 4.93. The van der Waals surface area contributed by atoms with Gasteiger partial charge in [-0.3, -0.25) is 4.79 Å². The van der Waals surface area contributed by atoms with Crippen LogP contribution in [0.2, 0.25) is 5.02 Å². The van der Waals surface area contributed by atoms with Crippen LogP contribution >= 0.6 is 11.6 Å². The number of halogens is 1. The number of nitrogens with one attached hydrogen (secondary N) is 1. The molecule has 3 aromatic rings. The summed E-state index contributed by atoms with van der Waals surface area (Å²) in [4.78, 5) is 16.9. The smallest absolute Gasteiger partial charge is 0.276 e. The van der Waals surface area contributed by atoms with Gasteiger partial charge in [0.15, 0.2) is 11.5 Å². The van der Waals surface area contributed by atoms with E-state index < -0.39 is 0 Å². The molecule has 0 aliphatic carbocycles. The molecule has 0 unspecified atom stereocenters. The van der Waals surface area contributed by atoms with Crippen molar-refractivity contribution in [3.8, 4) is 0 Å². The first-order chi connectivity index (χ1) is 13.7. The standard InChI is InChI=1S/C21H20ClN5O/c22-16-5-4-6-17(15-16)23-21(28)19-9-10-20(25-24-19)27-13-11-26(12-14-27)18-7-2-1-3-8-18/h1-10,15H,11-14H2,(H,23,28). The number of benzene rings is 2. The van der Waals surface area contributed by atoms with Crippen molar-refractivity contribution in [1.82, 2.24) is 10.2 Å². The van der Waals surface area contributed by atoms with Gasteiger partial charge in [-0.15, -0.1) is 10.2 Å². The number of nitrogens with zero attached hydrogens (tertiary/aromatic N) is 4. The van der Waals surface area contributed by atoms with E-state index in [2.05, 4.69) is 49.6 Å². The van der Waals surface area contributed by atoms with Crippen LogP contribution in [0.4, 0.5) is 17.2 Å². The van der Waals surface area contributed by atoms with Gasteiger partial charge in [0.25, 0.3) is 5.91 Å². The van der Waals surface area contributed by atoms with Crippen LogP contribution < -0.4 is 15.1 Å². The number of para-hydroxylation sites is 1. The van der Waals surface area contributed by atoms with E-state index in [1.54, 1.807) is 30.3 Å². The highest BCUT2D eigenvalue weighted by molar-refractivity contribution is 6.30. The molecular formula is C21H20ClN5O. The molecule has 4 rings (SSSR count). The Morgan fingerprint density at radius 1 is 0.857 bits per heavy atom. The predicted molar refractivity (Wildman–Crippen MR) is 112 cm³/mol. The molecule has 0 saturated carbocycles. The summed E-state index contributed by atoms with van der Waals surface area (Å²) in [6.07, 6.45) is 0. The fourth-order valence-corrected chi connectivity index (χ4v) is 3.40. The third-order valence-electron chi connectivity index (χ3n) is 4.69. The monoisotopic (exact) mass is 393 g/mol. The summed E-state index contributed by atoms with van der Waals surface area (Å²) < 4.78 is 0. The molecule has 6 nitrogen and oxygen atoms in total. The number of carbonyl (C=O) groups excluding carboxylic acids is 1. The zero-order chi connectivity index (χ0) is 19.3. The summed E-state index contributed by atoms with van der Waals surface area (Å²) in [5.74, 6) is 0.474. The lowest BCUT2D eigenvalue weighted by Gasteiger charge is -2.36. The highest BCUT2D eigenvalue weighted by atomic mass is 35.5. The maximum absolute atomic E-state index is 12.3. The van der Waals surface area contributed by atoms with Crippen molar-refractivity contribution in [3.05, 3.63) is 77.4 Å². The van der Waals surface area contributed by atoms with Crippen LogP contribution in [-0.2, 0) is 0 Å². The van der Waals surface area contributed by atoms with Crippen molar-refractivity contribution in [1.29, 1.82) is 0 Å². The van der Waals surface area contributed by atoms with Crippen LogP contribution in [0.3, 0.4) is 0 Å². The van der Waals surface area contributed by atoms with Crippen LogP contribution in [-0.4, -0.2) is 42.3 Å². The quantitative estimate of drug-likeness (QED) is 0.732. The molecule has 2 heterocycles. The largest absolute Gasteiger partial charge is 0.368 e. The van der Waals surface area contributed by atoms with Gasteiger partial charge in [-0.1, -0.05) is 35.9 Å². The summed E-state index contributed by atoms with van der Waals surface area (Å²) >= 11 is 5.94. The lowest BCUT2D eigenvalue weighted by molar-refractivity contribution is 0.102. The molecule has 142 valence electrons. The molecule has 0 radical (unpaired) electrons. The van der Waals surface area contributed by atoms with E-state index >= 15 is 0 Å². The van der Waals surface area contributed by atoms with Gasteiger partial charge in [0.1, 0.15) is 0 Å². The average Bonchev–Trinajstić information content (AvgIpc) is 2.75. The van der Waals surface area contributed by atoms with Gasteiger partial charge in [0.05, 0.1) is 0 Å². The molecule has 1 aliphatic heterocycles. The second-order valence-electron chi connectivity index (χ2n) is 6.55. The van der Waals surface area contributed by atoms with Crippen LogP contribution in [0, 0.1) is 0 Å². The van der Waals surface area contributed by atoms with Gasteiger partial charge in [-0.2, -0.15) is 0 Å². The van der Waals surface area contributed by atoms with Crippen molar-refractivity contribution in [3.63, 3.8) is 0 Å². The minimum absolute atomic E-state index is 0.270. The van der Waals surface area contributed by atoms with E-state index in [-0.39, 0.29) is 11.6 Å². The Balaban J connectivity index is 1.36. The molecule has 1 aliphatic rings. The Morgan fingerprint density at radius 2 is 1.61 bits per heavy atom. The Morgan fingerprint density at radius 3 is 2.29 bits per heavy atom. The zero-order valence-electron chi connectivity index (χ0n) is 15.3. The van der Waals surface area contributed by atoms with Crippen molar-refractivity contribution >= 4 is 34.7 Å². The molecule has 0 bridgehead atoms. The van der Waals surface area contributed by atoms with Crippen molar-refractivity contribution < 1.29 is 4.79 Å². The Bertz CT molecular complexity index is 941. The lowest BCUT2D eigenvalue weighted by atomic mass is 10.2. The van der Waals surface area contributed by atoms with Gasteiger partial charge in [-0.25, -0.2) is 0 Å². The van der Waals surface area contributed by atoms with Crippen molar-refractivity contribution in [2.75, 3.05) is 41.3 Å². The lowest BCUT2D eigenvalue weighted by Crippen LogP contribution is -2.46. The predicted octanol–water partition coefficient (Wildman–Crippen LogP) is 3.71. The molecule has 2 aromatic carbocycles. The molecule has 28 heavy (non-hydrogen) atoms. The van der Waals surface area contributed by atoms with Crippen LogP contribution in [0.1, 0.15) is 10.5 Å². The van der Waals surface area contributed by atoms with Crippen molar-refractivity contribution in [2.24, 2.45) is 0 Å². The number of amides is 1. The van der Waals surface area contributed by atoms with E-state index in [0.29, 0.717) is 10.7 Å². The van der Waals surface area contributed by atoms with Gasteiger partial charge in [0.2, 0.25) is 0 Å². The molecule has 7 heteroatoms. The minimum atomic E-state index is -0.310. The number of hydrogen-bond donors (Lipinski definition) is 1. The van der Waals surface area contributed by atoms with Crippen LogP contribution in [0.15, 0.2) is 66.7 Å². The molecule has 1 N–H and O–H groups in total. The summed E-state index contributed by atoms with van der Waals surface area (Å²) in [6, 6.07) is 20.9. The number of carbonyl (C=O) groups is 1. The Kier molecular flexibility index (Phi) is 5.39. The zero-order valence-corrected chi connectivity index (χ0v) is 16.0. The molecule has 0 atom stereocenters. The summed E-state index contributed by atoms with van der Waals surface area (Å²) in [7, 11) is 0. The number of anilines is 3. The molecule has 1 fully saturated rings.